The number of nitrogens with one attached hydrogen (secondary N) is 2. The summed E-state index contributed by atoms with van der Waals surface area (Å²) >= 11 is 0. The van der Waals surface area contributed by atoms with Gasteiger partial charge < -0.3 is 14.5 Å². The van der Waals surface area contributed by atoms with Crippen molar-refractivity contribution >= 4 is 23.8 Å². The third-order valence-electron chi connectivity index (χ3n) is 4.57. The molecule has 0 aliphatic heterocycles. The lowest BCUT2D eigenvalue weighted by Gasteiger charge is -2.07. The molecule has 0 spiro atoms. The van der Waals surface area contributed by atoms with Crippen LogP contribution in [-0.2, 0) is 9.53 Å². The van der Waals surface area contributed by atoms with E-state index in [9.17, 15) is 9.59 Å². The van der Waals surface area contributed by atoms with E-state index in [1.54, 1.807) is 36.4 Å². The van der Waals surface area contributed by atoms with Crippen molar-refractivity contribution in [1.82, 2.24) is 5.43 Å². The second-order valence-electron chi connectivity index (χ2n) is 6.68. The molecule has 1 aromatic heterocycles. The third-order valence-corrected chi connectivity index (χ3v) is 4.57. The lowest BCUT2D eigenvalue weighted by molar-refractivity contribution is -0.119. The third kappa shape index (κ3) is 5.14. The van der Waals surface area contributed by atoms with Crippen LogP contribution >= 0.6 is 0 Å². The van der Waals surface area contributed by atoms with Crippen LogP contribution in [0.5, 0.6) is 0 Å². The van der Waals surface area contributed by atoms with Crippen LogP contribution in [0.15, 0.2) is 64.1 Å². The van der Waals surface area contributed by atoms with Crippen LogP contribution in [0.3, 0.4) is 0 Å². The van der Waals surface area contributed by atoms with E-state index in [0.29, 0.717) is 22.6 Å². The number of aryl methyl sites for hydroxylation is 2. The van der Waals surface area contributed by atoms with Gasteiger partial charge in [-0.1, -0.05) is 24.3 Å². The van der Waals surface area contributed by atoms with Crippen LogP contribution in [0.1, 0.15) is 27.2 Å². The molecule has 0 radical (unpaired) electrons. The van der Waals surface area contributed by atoms with E-state index < -0.39 is 5.97 Å². The van der Waals surface area contributed by atoms with Crippen LogP contribution in [-0.4, -0.2) is 31.7 Å². The number of carbonyl (C=O) groups excluding carboxylic acids is 2. The SMILES string of the molecule is COC(=O)c1ccccc1-c1ccc(/C=N\NC(=O)CNc2ccc(C)c(C)c2)o1. The maximum Gasteiger partial charge on any atom is 0.338 e. The molecular formula is C23H23N3O4. The summed E-state index contributed by atoms with van der Waals surface area (Å²) in [6, 6.07) is 16.3. The van der Waals surface area contributed by atoms with Gasteiger partial charge in [0.2, 0.25) is 0 Å². The fourth-order valence-corrected chi connectivity index (χ4v) is 2.79. The molecular weight excluding hydrogens is 382 g/mol. The second-order valence-corrected chi connectivity index (χ2v) is 6.68. The van der Waals surface area contributed by atoms with Crippen molar-refractivity contribution in [2.24, 2.45) is 5.10 Å². The molecule has 3 aromatic rings. The Hall–Kier alpha value is -3.87. The Bertz CT molecular complexity index is 1090. The summed E-state index contributed by atoms with van der Waals surface area (Å²) in [7, 11) is 1.33. The molecule has 154 valence electrons. The van der Waals surface area contributed by atoms with Gasteiger partial charge in [-0.3, -0.25) is 4.79 Å². The first-order valence-corrected chi connectivity index (χ1v) is 9.38. The number of furan rings is 1. The average molecular weight is 405 g/mol. The van der Waals surface area contributed by atoms with Crippen molar-refractivity contribution in [2.75, 3.05) is 19.0 Å². The first kappa shape index (κ1) is 20.9. The second kappa shape index (κ2) is 9.56. The number of esters is 1. The van der Waals surface area contributed by atoms with E-state index in [2.05, 4.69) is 15.8 Å². The van der Waals surface area contributed by atoms with Crippen LogP contribution in [0.25, 0.3) is 11.3 Å². The predicted octanol–water partition coefficient (Wildman–Crippen LogP) is 3.91. The van der Waals surface area contributed by atoms with Gasteiger partial charge >= 0.3 is 5.97 Å². The molecule has 0 bridgehead atoms. The molecule has 7 heteroatoms. The highest BCUT2D eigenvalue weighted by Gasteiger charge is 2.15. The molecule has 7 nitrogen and oxygen atoms in total. The van der Waals surface area contributed by atoms with Gasteiger partial charge in [-0.15, -0.1) is 0 Å². The lowest BCUT2D eigenvalue weighted by Crippen LogP contribution is -2.25. The molecule has 0 unspecified atom stereocenters. The molecule has 0 saturated carbocycles. The number of carbonyl (C=O) groups is 2. The van der Waals surface area contributed by atoms with Gasteiger partial charge in [-0.05, 0) is 55.3 Å². The fraction of sp³-hybridized carbons (Fsp3) is 0.174. The lowest BCUT2D eigenvalue weighted by atomic mass is 10.1. The summed E-state index contributed by atoms with van der Waals surface area (Å²) in [5.41, 5.74) is 6.69. The predicted molar refractivity (Wildman–Crippen MR) is 116 cm³/mol. The van der Waals surface area contributed by atoms with Gasteiger partial charge in [0, 0.05) is 11.3 Å². The number of amides is 1. The van der Waals surface area contributed by atoms with E-state index in [1.807, 2.05) is 32.0 Å². The van der Waals surface area contributed by atoms with E-state index in [-0.39, 0.29) is 12.5 Å². The largest absolute Gasteiger partial charge is 0.465 e. The van der Waals surface area contributed by atoms with E-state index in [1.165, 1.54) is 18.9 Å². The number of hydrogen-bond donors (Lipinski definition) is 2. The summed E-state index contributed by atoms with van der Waals surface area (Å²) in [5, 5.41) is 6.97. The van der Waals surface area contributed by atoms with E-state index in [0.717, 1.165) is 11.3 Å². The number of rotatable bonds is 7. The molecule has 0 fully saturated rings. The van der Waals surface area contributed by atoms with Crippen molar-refractivity contribution in [3.63, 3.8) is 0 Å². The summed E-state index contributed by atoms with van der Waals surface area (Å²) in [4.78, 5) is 23.9. The number of hydrogen-bond acceptors (Lipinski definition) is 6. The van der Waals surface area contributed by atoms with Crippen molar-refractivity contribution in [2.45, 2.75) is 13.8 Å². The normalized spacial score (nSPS) is 10.8. The molecule has 2 aromatic carbocycles. The van der Waals surface area contributed by atoms with Gasteiger partial charge in [-0.25, -0.2) is 10.2 Å². The van der Waals surface area contributed by atoms with Crippen molar-refractivity contribution < 1.29 is 18.7 Å². The Morgan fingerprint density at radius 3 is 2.63 bits per heavy atom. The van der Waals surface area contributed by atoms with E-state index in [4.69, 9.17) is 9.15 Å². The van der Waals surface area contributed by atoms with E-state index >= 15 is 0 Å². The molecule has 2 N–H and O–H groups in total. The van der Waals surface area contributed by atoms with Crippen molar-refractivity contribution in [1.29, 1.82) is 0 Å². The molecule has 0 saturated heterocycles. The highest BCUT2D eigenvalue weighted by Crippen LogP contribution is 2.26. The van der Waals surface area contributed by atoms with Crippen LogP contribution in [0.4, 0.5) is 5.69 Å². The fourth-order valence-electron chi connectivity index (χ4n) is 2.79. The number of nitrogens with zero attached hydrogens (tertiary/aromatic N) is 1. The zero-order valence-electron chi connectivity index (χ0n) is 17.1. The molecule has 0 atom stereocenters. The number of methoxy groups -OCH3 is 1. The van der Waals surface area contributed by atoms with Gasteiger partial charge in [0.15, 0.2) is 0 Å². The first-order valence-electron chi connectivity index (χ1n) is 9.38. The van der Waals surface area contributed by atoms with Gasteiger partial charge in [0.1, 0.15) is 11.5 Å². The molecule has 1 amide bonds. The molecule has 0 aliphatic carbocycles. The first-order chi connectivity index (χ1) is 14.5. The molecule has 1 heterocycles. The highest BCUT2D eigenvalue weighted by atomic mass is 16.5. The Morgan fingerprint density at radius 1 is 1.07 bits per heavy atom. The van der Waals surface area contributed by atoms with Gasteiger partial charge in [0.25, 0.3) is 5.91 Å². The monoisotopic (exact) mass is 405 g/mol. The number of benzene rings is 2. The maximum absolute atomic E-state index is 12.0. The van der Waals surface area contributed by atoms with Crippen molar-refractivity contribution in [3.8, 4) is 11.3 Å². The number of anilines is 1. The van der Waals surface area contributed by atoms with Crippen LogP contribution in [0.2, 0.25) is 0 Å². The molecule has 0 aliphatic rings. The summed E-state index contributed by atoms with van der Waals surface area (Å²) in [6.45, 7) is 4.15. The smallest absolute Gasteiger partial charge is 0.338 e. The minimum atomic E-state index is -0.444. The standard InChI is InChI=1S/C23H23N3O4/c1-15-8-9-17(12-16(15)2)24-14-22(27)26-25-13-18-10-11-21(30-18)19-6-4-5-7-20(19)23(28)29-3/h4-13,24H,14H2,1-3H3,(H,26,27)/b25-13-. The highest BCUT2D eigenvalue weighted by molar-refractivity contribution is 5.96. The minimum Gasteiger partial charge on any atom is -0.465 e. The quantitative estimate of drug-likeness (QED) is 0.353. The van der Waals surface area contributed by atoms with Crippen LogP contribution in [0, 0.1) is 13.8 Å². The summed E-state index contributed by atoms with van der Waals surface area (Å²) in [5.74, 6) is 0.209. The zero-order valence-corrected chi connectivity index (χ0v) is 17.1. The average Bonchev–Trinajstić information content (AvgIpc) is 3.22. The summed E-state index contributed by atoms with van der Waals surface area (Å²) < 4.78 is 10.5. The Kier molecular flexibility index (Phi) is 6.64. The zero-order chi connectivity index (χ0) is 21.5. The number of hydrazone groups is 1. The number of ether oxygens (including phenoxy) is 1. The van der Waals surface area contributed by atoms with Gasteiger partial charge in [-0.2, -0.15) is 5.10 Å². The van der Waals surface area contributed by atoms with Crippen LogP contribution < -0.4 is 10.7 Å². The Balaban J connectivity index is 1.58. The summed E-state index contributed by atoms with van der Waals surface area (Å²) in [6.07, 6.45) is 1.40. The molecule has 3 rings (SSSR count). The minimum absolute atomic E-state index is 0.0930. The van der Waals surface area contributed by atoms with Gasteiger partial charge in [0.05, 0.1) is 25.4 Å². The Labute approximate surface area is 174 Å². The molecule has 30 heavy (non-hydrogen) atoms. The Morgan fingerprint density at radius 2 is 1.87 bits per heavy atom. The topological polar surface area (TPSA) is 92.9 Å². The maximum atomic E-state index is 12.0. The van der Waals surface area contributed by atoms with Crippen molar-refractivity contribution in [3.05, 3.63) is 77.0 Å².